The van der Waals surface area contributed by atoms with E-state index < -0.39 is 11.6 Å². The molecule has 122 valence electrons. The van der Waals surface area contributed by atoms with Gasteiger partial charge in [-0.1, -0.05) is 74.6 Å². The van der Waals surface area contributed by atoms with Gasteiger partial charge in [0.1, 0.15) is 0 Å². The number of hydrogen-bond donors (Lipinski definition) is 0. The van der Waals surface area contributed by atoms with Crippen LogP contribution in [0.2, 0.25) is 0 Å². The van der Waals surface area contributed by atoms with Gasteiger partial charge in [0, 0.05) is 12.1 Å². The van der Waals surface area contributed by atoms with E-state index in [2.05, 4.69) is 17.2 Å². The largest absolute Gasteiger partial charge is 0.285 e. The van der Waals surface area contributed by atoms with Crippen molar-refractivity contribution in [1.82, 2.24) is 15.0 Å². The SMILES string of the molecule is CCCCCCCCn1cc(C(=O)C(=O)c2ccccc2)nn1. The summed E-state index contributed by atoms with van der Waals surface area (Å²) in [5.41, 5.74) is 0.493. The van der Waals surface area contributed by atoms with Gasteiger partial charge in [0.05, 0.1) is 6.20 Å². The smallest absolute Gasteiger partial charge is 0.255 e. The molecule has 1 heterocycles. The Kier molecular flexibility index (Phi) is 6.66. The molecule has 0 amide bonds. The fourth-order valence-corrected chi connectivity index (χ4v) is 2.40. The third-order valence-corrected chi connectivity index (χ3v) is 3.75. The average Bonchev–Trinajstić information content (AvgIpc) is 3.06. The molecule has 0 saturated heterocycles. The van der Waals surface area contributed by atoms with Crippen LogP contribution in [0.5, 0.6) is 0 Å². The molecule has 0 aliphatic carbocycles. The van der Waals surface area contributed by atoms with Gasteiger partial charge >= 0.3 is 0 Å². The molecule has 0 aliphatic rings. The van der Waals surface area contributed by atoms with Crippen LogP contribution in [-0.4, -0.2) is 26.6 Å². The summed E-state index contributed by atoms with van der Waals surface area (Å²) in [5, 5.41) is 7.77. The Balaban J connectivity index is 1.84. The van der Waals surface area contributed by atoms with Crippen molar-refractivity contribution in [3.63, 3.8) is 0 Å². The first-order chi connectivity index (χ1) is 11.2. The number of hydrogen-bond acceptors (Lipinski definition) is 4. The van der Waals surface area contributed by atoms with Crippen LogP contribution in [0.4, 0.5) is 0 Å². The van der Waals surface area contributed by atoms with Crippen LogP contribution < -0.4 is 0 Å². The average molecular weight is 313 g/mol. The van der Waals surface area contributed by atoms with E-state index in [0.29, 0.717) is 5.56 Å². The van der Waals surface area contributed by atoms with Gasteiger partial charge < -0.3 is 0 Å². The number of aromatic nitrogens is 3. The van der Waals surface area contributed by atoms with Crippen LogP contribution in [0.3, 0.4) is 0 Å². The van der Waals surface area contributed by atoms with E-state index >= 15 is 0 Å². The van der Waals surface area contributed by atoms with Crippen LogP contribution in [-0.2, 0) is 6.54 Å². The highest BCUT2D eigenvalue weighted by Gasteiger charge is 2.21. The fraction of sp³-hybridized carbons (Fsp3) is 0.444. The normalized spacial score (nSPS) is 10.7. The number of benzene rings is 1. The molecule has 0 fully saturated rings. The van der Waals surface area contributed by atoms with Gasteiger partial charge in [-0.2, -0.15) is 0 Å². The van der Waals surface area contributed by atoms with Crippen molar-refractivity contribution in [3.05, 3.63) is 47.8 Å². The summed E-state index contributed by atoms with van der Waals surface area (Å²) in [4.78, 5) is 24.2. The van der Waals surface area contributed by atoms with E-state index in [4.69, 9.17) is 0 Å². The molecule has 5 nitrogen and oxygen atoms in total. The van der Waals surface area contributed by atoms with Crippen molar-refractivity contribution in [2.45, 2.75) is 52.0 Å². The quantitative estimate of drug-likeness (QED) is 0.381. The van der Waals surface area contributed by atoms with E-state index in [1.54, 1.807) is 41.2 Å². The van der Waals surface area contributed by atoms with Crippen LogP contribution >= 0.6 is 0 Å². The molecule has 1 aromatic heterocycles. The van der Waals surface area contributed by atoms with Crippen molar-refractivity contribution in [3.8, 4) is 0 Å². The zero-order valence-electron chi connectivity index (χ0n) is 13.6. The minimum Gasteiger partial charge on any atom is -0.285 e. The Bertz CT molecular complexity index is 635. The third kappa shape index (κ3) is 5.13. The molecular weight excluding hydrogens is 290 g/mol. The lowest BCUT2D eigenvalue weighted by atomic mass is 10.1. The first kappa shape index (κ1) is 17.1. The van der Waals surface area contributed by atoms with E-state index in [9.17, 15) is 9.59 Å². The Hall–Kier alpha value is -2.30. The molecule has 0 unspecified atom stereocenters. The number of unbranched alkanes of at least 4 members (excludes halogenated alkanes) is 5. The second-order valence-electron chi connectivity index (χ2n) is 5.66. The van der Waals surface area contributed by atoms with Crippen molar-refractivity contribution in [2.75, 3.05) is 0 Å². The molecule has 0 spiro atoms. The maximum atomic E-state index is 12.1. The van der Waals surface area contributed by atoms with E-state index in [-0.39, 0.29) is 5.69 Å². The van der Waals surface area contributed by atoms with E-state index in [1.165, 1.54) is 25.7 Å². The summed E-state index contributed by atoms with van der Waals surface area (Å²) >= 11 is 0. The molecule has 2 rings (SSSR count). The minimum absolute atomic E-state index is 0.116. The number of Topliss-reactive ketones (excluding diaryl/α,β-unsaturated/α-hetero) is 2. The molecule has 0 aliphatic heterocycles. The maximum absolute atomic E-state index is 12.1. The molecule has 0 saturated carbocycles. The molecule has 0 radical (unpaired) electrons. The van der Waals surface area contributed by atoms with Gasteiger partial charge in [0.25, 0.3) is 5.78 Å². The topological polar surface area (TPSA) is 64.8 Å². The van der Waals surface area contributed by atoms with Crippen LogP contribution in [0.1, 0.15) is 66.3 Å². The summed E-state index contributed by atoms with van der Waals surface area (Å²) in [7, 11) is 0. The maximum Gasteiger partial charge on any atom is 0.255 e. The molecule has 0 bridgehead atoms. The fourth-order valence-electron chi connectivity index (χ4n) is 2.40. The molecule has 5 heteroatoms. The highest BCUT2D eigenvalue weighted by Crippen LogP contribution is 2.08. The van der Waals surface area contributed by atoms with Gasteiger partial charge in [-0.25, -0.2) is 0 Å². The molecule has 0 N–H and O–H groups in total. The number of nitrogens with zero attached hydrogens (tertiary/aromatic N) is 3. The number of ketones is 2. The number of rotatable bonds is 10. The highest BCUT2D eigenvalue weighted by atomic mass is 16.2. The van der Waals surface area contributed by atoms with Crippen molar-refractivity contribution in [2.24, 2.45) is 0 Å². The van der Waals surface area contributed by atoms with Crippen LogP contribution in [0.15, 0.2) is 36.5 Å². The zero-order chi connectivity index (χ0) is 16.5. The van der Waals surface area contributed by atoms with Crippen LogP contribution in [0, 0.1) is 0 Å². The predicted molar refractivity (Wildman–Crippen MR) is 88.5 cm³/mol. The first-order valence-corrected chi connectivity index (χ1v) is 8.26. The van der Waals surface area contributed by atoms with Gasteiger partial charge in [0.2, 0.25) is 5.78 Å². The minimum atomic E-state index is -0.606. The van der Waals surface area contributed by atoms with Crippen molar-refractivity contribution < 1.29 is 9.59 Å². The number of aryl methyl sites for hydroxylation is 1. The third-order valence-electron chi connectivity index (χ3n) is 3.75. The summed E-state index contributed by atoms with van der Waals surface area (Å²) in [5.74, 6) is -1.15. The Morgan fingerprint density at radius 1 is 0.957 bits per heavy atom. The predicted octanol–water partition coefficient (Wildman–Crippen LogP) is 3.70. The molecule has 0 atom stereocenters. The second-order valence-corrected chi connectivity index (χ2v) is 5.66. The second kappa shape index (κ2) is 8.98. The lowest BCUT2D eigenvalue weighted by molar-refractivity contribution is 0.0814. The lowest BCUT2D eigenvalue weighted by Gasteiger charge is -2.00. The summed E-state index contributed by atoms with van der Waals surface area (Å²) < 4.78 is 1.64. The van der Waals surface area contributed by atoms with E-state index in [1.807, 2.05) is 0 Å². The highest BCUT2D eigenvalue weighted by molar-refractivity contribution is 6.48. The van der Waals surface area contributed by atoms with E-state index in [0.717, 1.165) is 19.4 Å². The monoisotopic (exact) mass is 313 g/mol. The number of carbonyl (C=O) groups is 2. The van der Waals surface area contributed by atoms with Gasteiger partial charge in [0.15, 0.2) is 5.69 Å². The molecule has 2 aromatic rings. The Morgan fingerprint density at radius 3 is 2.39 bits per heavy atom. The molecular formula is C18H23N3O2. The Labute approximate surface area is 136 Å². The first-order valence-electron chi connectivity index (χ1n) is 8.26. The molecule has 1 aromatic carbocycles. The number of carbonyl (C=O) groups excluding carboxylic acids is 2. The molecule has 23 heavy (non-hydrogen) atoms. The summed E-state index contributed by atoms with van der Waals surface area (Å²) in [6.07, 6.45) is 8.73. The van der Waals surface area contributed by atoms with Gasteiger partial charge in [-0.15, -0.1) is 5.10 Å². The standard InChI is InChI=1S/C18H23N3O2/c1-2-3-4-5-6-10-13-21-14-16(19-20-21)18(23)17(22)15-11-8-7-9-12-15/h7-9,11-12,14H,2-6,10,13H2,1H3. The van der Waals surface area contributed by atoms with Crippen molar-refractivity contribution >= 4 is 11.6 Å². The summed E-state index contributed by atoms with van der Waals surface area (Å²) in [6.45, 7) is 2.93. The zero-order valence-corrected chi connectivity index (χ0v) is 13.6. The summed E-state index contributed by atoms with van der Waals surface area (Å²) in [6, 6.07) is 8.52. The Morgan fingerprint density at radius 2 is 1.65 bits per heavy atom. The van der Waals surface area contributed by atoms with Gasteiger partial charge in [-0.05, 0) is 6.42 Å². The van der Waals surface area contributed by atoms with Crippen LogP contribution in [0.25, 0.3) is 0 Å². The lowest BCUT2D eigenvalue weighted by Crippen LogP contribution is -2.14. The van der Waals surface area contributed by atoms with Crippen molar-refractivity contribution in [1.29, 1.82) is 0 Å². The van der Waals surface area contributed by atoms with Gasteiger partial charge in [-0.3, -0.25) is 14.3 Å².